The Hall–Kier alpha value is -0.690. The molecular weight excluding hydrogens is 164 g/mol. The van der Waals surface area contributed by atoms with E-state index in [2.05, 4.69) is 31.2 Å². The van der Waals surface area contributed by atoms with Crippen LogP contribution in [-0.4, -0.2) is 6.26 Å². The molecule has 0 spiro atoms. The highest BCUT2D eigenvalue weighted by atomic mass is 32.2. The van der Waals surface area contributed by atoms with E-state index in [1.807, 2.05) is 25.2 Å². The van der Waals surface area contributed by atoms with Crippen LogP contribution in [-0.2, 0) is 0 Å². The monoisotopic (exact) mass is 180 g/mol. The summed E-state index contributed by atoms with van der Waals surface area (Å²) < 4.78 is 0. The molecule has 0 N–H and O–H groups in total. The first-order valence-electron chi connectivity index (χ1n) is 3.91. The van der Waals surface area contributed by atoms with Crippen LogP contribution in [0.15, 0.2) is 47.4 Å². The predicted molar refractivity (Wildman–Crippen MR) is 60.4 cm³/mol. The van der Waals surface area contributed by atoms with Crippen molar-refractivity contribution in [2.75, 3.05) is 6.26 Å². The number of thioether (sulfide) groups is 1. The van der Waals surface area contributed by atoms with Gasteiger partial charge in [0.15, 0.2) is 0 Å². The van der Waals surface area contributed by atoms with E-state index >= 15 is 0 Å². The van der Waals surface area contributed by atoms with Crippen molar-refractivity contribution >= 4 is 11.8 Å². The second-order valence-electron chi connectivity index (χ2n) is 2.39. The molecule has 0 aromatic carbocycles. The first kappa shape index (κ1) is 11.3. The minimum absolute atomic E-state index is 1.22. The maximum absolute atomic E-state index is 3.68. The molecule has 0 fully saturated rings. The largest absolute Gasteiger partial charge is 0.137 e. The molecule has 0 radical (unpaired) electrons. The van der Waals surface area contributed by atoms with Gasteiger partial charge in [0.1, 0.15) is 0 Å². The lowest BCUT2D eigenvalue weighted by Gasteiger charge is -1.99. The summed E-state index contributed by atoms with van der Waals surface area (Å²) >= 11 is 1.72. The van der Waals surface area contributed by atoms with E-state index in [1.54, 1.807) is 11.8 Å². The van der Waals surface area contributed by atoms with Gasteiger partial charge in [-0.1, -0.05) is 30.9 Å². The second-order valence-corrected chi connectivity index (χ2v) is 3.10. The minimum atomic E-state index is 1.22. The molecule has 0 saturated heterocycles. The molecule has 12 heavy (non-hydrogen) atoms. The highest BCUT2D eigenvalue weighted by Gasteiger charge is 1.92. The maximum atomic E-state index is 3.68. The third-order valence-corrected chi connectivity index (χ3v) is 1.98. The van der Waals surface area contributed by atoms with Crippen molar-refractivity contribution in [2.45, 2.75) is 13.8 Å². The van der Waals surface area contributed by atoms with Crippen molar-refractivity contribution in [3.05, 3.63) is 47.4 Å². The second kappa shape index (κ2) is 6.99. The summed E-state index contributed by atoms with van der Waals surface area (Å²) in [6.45, 7) is 7.80. The molecule has 0 nitrogen and oxygen atoms in total. The lowest BCUT2D eigenvalue weighted by Crippen LogP contribution is -1.78. The van der Waals surface area contributed by atoms with Gasteiger partial charge in [0, 0.05) is 0 Å². The fourth-order valence-electron chi connectivity index (χ4n) is 0.870. The SMILES string of the molecule is C=C/C=C(\C=C/C)C(/C)=C\SC. The van der Waals surface area contributed by atoms with Crippen LogP contribution >= 0.6 is 11.8 Å². The van der Waals surface area contributed by atoms with Crippen molar-refractivity contribution in [1.82, 2.24) is 0 Å². The molecule has 0 atom stereocenters. The fraction of sp³-hybridized carbons (Fsp3) is 0.273. The summed E-state index contributed by atoms with van der Waals surface area (Å²) in [6, 6.07) is 0. The van der Waals surface area contributed by atoms with Crippen LogP contribution in [0.5, 0.6) is 0 Å². The summed E-state index contributed by atoms with van der Waals surface area (Å²) in [5.74, 6) is 0. The number of rotatable bonds is 4. The zero-order chi connectivity index (χ0) is 9.40. The Morgan fingerprint density at radius 3 is 2.50 bits per heavy atom. The van der Waals surface area contributed by atoms with Crippen LogP contribution in [0.4, 0.5) is 0 Å². The summed E-state index contributed by atoms with van der Waals surface area (Å²) in [6.07, 6.45) is 10.0. The Balaban J connectivity index is 4.62. The molecule has 1 heteroatoms. The lowest BCUT2D eigenvalue weighted by molar-refractivity contribution is 1.44. The third-order valence-electron chi connectivity index (χ3n) is 1.39. The third kappa shape index (κ3) is 4.24. The molecule has 0 aliphatic carbocycles. The van der Waals surface area contributed by atoms with Crippen molar-refractivity contribution in [3.63, 3.8) is 0 Å². The summed E-state index contributed by atoms with van der Waals surface area (Å²) in [5, 5.41) is 2.13. The highest BCUT2D eigenvalue weighted by molar-refractivity contribution is 8.01. The summed E-state index contributed by atoms with van der Waals surface area (Å²) in [5.41, 5.74) is 2.50. The standard InChI is InChI=1S/C11H16S/c1-5-7-11(8-6-2)10(3)9-12-4/h5-9H,1H2,2-4H3/b8-6-,10-9-,11-7+. The van der Waals surface area contributed by atoms with Crippen LogP contribution in [0.25, 0.3) is 0 Å². The molecule has 0 bridgehead atoms. The highest BCUT2D eigenvalue weighted by Crippen LogP contribution is 2.14. The normalized spacial score (nSPS) is 13.9. The zero-order valence-electron chi connectivity index (χ0n) is 8.00. The molecule has 0 aliphatic rings. The van der Waals surface area contributed by atoms with Crippen molar-refractivity contribution in [3.8, 4) is 0 Å². The van der Waals surface area contributed by atoms with E-state index in [1.165, 1.54) is 11.1 Å². The van der Waals surface area contributed by atoms with E-state index in [0.717, 1.165) is 0 Å². The Morgan fingerprint density at radius 2 is 2.08 bits per heavy atom. The molecule has 0 amide bonds. The predicted octanol–water partition coefficient (Wildman–Crippen LogP) is 3.94. The average molecular weight is 180 g/mol. The van der Waals surface area contributed by atoms with Gasteiger partial charge < -0.3 is 0 Å². The molecule has 0 aromatic heterocycles. The van der Waals surface area contributed by atoms with Crippen LogP contribution in [0.3, 0.4) is 0 Å². The van der Waals surface area contributed by atoms with E-state index in [9.17, 15) is 0 Å². The van der Waals surface area contributed by atoms with Gasteiger partial charge in [-0.05, 0) is 36.7 Å². The average Bonchev–Trinajstić information content (AvgIpc) is 2.04. The molecule has 0 saturated carbocycles. The Labute approximate surface area is 79.8 Å². The number of allylic oxidation sites excluding steroid dienone is 6. The smallest absolute Gasteiger partial charge is 0.0142 e. The van der Waals surface area contributed by atoms with Gasteiger partial charge in [-0.15, -0.1) is 11.8 Å². The van der Waals surface area contributed by atoms with E-state index in [-0.39, 0.29) is 0 Å². The van der Waals surface area contributed by atoms with Gasteiger partial charge >= 0.3 is 0 Å². The number of hydrogen-bond donors (Lipinski definition) is 0. The van der Waals surface area contributed by atoms with Crippen molar-refractivity contribution in [1.29, 1.82) is 0 Å². The molecule has 66 valence electrons. The Kier molecular flexibility index (Phi) is 6.58. The van der Waals surface area contributed by atoms with Crippen LogP contribution in [0.2, 0.25) is 0 Å². The molecule has 0 heterocycles. The minimum Gasteiger partial charge on any atom is -0.137 e. The van der Waals surface area contributed by atoms with Gasteiger partial charge in [-0.2, -0.15) is 0 Å². The van der Waals surface area contributed by atoms with Gasteiger partial charge in [0.25, 0.3) is 0 Å². The zero-order valence-corrected chi connectivity index (χ0v) is 8.82. The van der Waals surface area contributed by atoms with E-state index in [0.29, 0.717) is 0 Å². The first-order valence-corrected chi connectivity index (χ1v) is 5.20. The van der Waals surface area contributed by atoms with Crippen LogP contribution in [0.1, 0.15) is 13.8 Å². The van der Waals surface area contributed by atoms with E-state index < -0.39 is 0 Å². The molecule has 0 aliphatic heterocycles. The summed E-state index contributed by atoms with van der Waals surface area (Å²) in [7, 11) is 0. The van der Waals surface area contributed by atoms with Gasteiger partial charge in [0.2, 0.25) is 0 Å². The molecular formula is C11H16S. The van der Waals surface area contributed by atoms with Gasteiger partial charge in [-0.3, -0.25) is 0 Å². The topological polar surface area (TPSA) is 0 Å². The van der Waals surface area contributed by atoms with Crippen LogP contribution < -0.4 is 0 Å². The molecule has 0 unspecified atom stereocenters. The van der Waals surface area contributed by atoms with Crippen molar-refractivity contribution in [2.24, 2.45) is 0 Å². The van der Waals surface area contributed by atoms with Crippen LogP contribution in [0, 0.1) is 0 Å². The fourth-order valence-corrected chi connectivity index (χ4v) is 1.36. The number of hydrogen-bond acceptors (Lipinski definition) is 1. The molecule has 0 rings (SSSR count). The Morgan fingerprint density at radius 1 is 1.42 bits per heavy atom. The van der Waals surface area contributed by atoms with Gasteiger partial charge in [-0.25, -0.2) is 0 Å². The lowest BCUT2D eigenvalue weighted by atomic mass is 10.1. The van der Waals surface area contributed by atoms with Gasteiger partial charge in [0.05, 0.1) is 0 Å². The first-order chi connectivity index (χ1) is 5.76. The molecule has 0 aromatic rings. The maximum Gasteiger partial charge on any atom is -0.0142 e. The van der Waals surface area contributed by atoms with E-state index in [4.69, 9.17) is 0 Å². The van der Waals surface area contributed by atoms with Crippen molar-refractivity contribution < 1.29 is 0 Å². The quantitative estimate of drug-likeness (QED) is 0.590. The summed E-state index contributed by atoms with van der Waals surface area (Å²) in [4.78, 5) is 0. The Bertz CT molecular complexity index is 219.